The molecule has 0 radical (unpaired) electrons. The normalized spacial score (nSPS) is 12.1. The van der Waals surface area contributed by atoms with Crippen molar-refractivity contribution >= 4 is 0 Å². The molecule has 0 unspecified atom stereocenters. The highest BCUT2D eigenvalue weighted by atomic mass is 16.5. The third kappa shape index (κ3) is 4.59. The molecule has 1 rings (SSSR count). The number of aliphatic hydroxyl groups excluding tert-OH is 1. The zero-order valence-electron chi connectivity index (χ0n) is 10.4. The van der Waals surface area contributed by atoms with E-state index < -0.39 is 0 Å². The van der Waals surface area contributed by atoms with E-state index in [0.29, 0.717) is 6.61 Å². The van der Waals surface area contributed by atoms with Gasteiger partial charge in [0.2, 0.25) is 0 Å². The number of quaternary nitrogens is 1. The molecule has 0 bridgehead atoms. The first-order chi connectivity index (χ1) is 8.31. The van der Waals surface area contributed by atoms with Crippen molar-refractivity contribution in [1.29, 1.82) is 0 Å². The fourth-order valence-corrected chi connectivity index (χ4v) is 1.63. The van der Waals surface area contributed by atoms with Crippen LogP contribution in [0.3, 0.4) is 0 Å². The Bertz CT molecular complexity index is 335. The monoisotopic (exact) mass is 236 g/mol. The maximum atomic E-state index is 9.14. The minimum absolute atomic E-state index is 0.214. The molecule has 3 N–H and O–H groups in total. The van der Waals surface area contributed by atoms with E-state index in [-0.39, 0.29) is 12.6 Å². The lowest BCUT2D eigenvalue weighted by atomic mass is 10.1. The summed E-state index contributed by atoms with van der Waals surface area (Å²) < 4.78 is 5.59. The Morgan fingerprint density at radius 3 is 2.88 bits per heavy atom. The van der Waals surface area contributed by atoms with Crippen LogP contribution in [0.1, 0.15) is 18.9 Å². The predicted octanol–water partition coefficient (Wildman–Crippen LogP) is 1.09. The van der Waals surface area contributed by atoms with Gasteiger partial charge in [-0.25, -0.2) is 0 Å². The molecule has 3 heteroatoms. The molecular weight excluding hydrogens is 214 g/mol. The first kappa shape index (κ1) is 13.7. The Labute approximate surface area is 103 Å². The van der Waals surface area contributed by atoms with Crippen molar-refractivity contribution in [1.82, 2.24) is 0 Å². The van der Waals surface area contributed by atoms with Gasteiger partial charge in [0, 0.05) is 5.56 Å². The number of benzene rings is 1. The molecule has 94 valence electrons. The zero-order valence-corrected chi connectivity index (χ0v) is 10.4. The molecule has 0 aromatic heterocycles. The van der Waals surface area contributed by atoms with Crippen molar-refractivity contribution in [3.63, 3.8) is 0 Å². The average Bonchev–Trinajstić information content (AvgIpc) is 2.38. The number of hydrogen-bond acceptors (Lipinski definition) is 2. The predicted molar refractivity (Wildman–Crippen MR) is 68.9 cm³/mol. The summed E-state index contributed by atoms with van der Waals surface area (Å²) >= 11 is 0. The fraction of sp³-hybridized carbons (Fsp3) is 0.429. The van der Waals surface area contributed by atoms with Crippen molar-refractivity contribution in [3.8, 4) is 5.75 Å². The van der Waals surface area contributed by atoms with Crippen molar-refractivity contribution in [2.75, 3.05) is 13.2 Å². The first-order valence-corrected chi connectivity index (χ1v) is 6.07. The van der Waals surface area contributed by atoms with Crippen LogP contribution in [0.5, 0.6) is 5.75 Å². The van der Waals surface area contributed by atoms with E-state index in [4.69, 9.17) is 9.84 Å². The second-order valence-corrected chi connectivity index (χ2v) is 4.00. The third-order valence-electron chi connectivity index (χ3n) is 2.76. The topological polar surface area (TPSA) is 46.1 Å². The van der Waals surface area contributed by atoms with Gasteiger partial charge in [-0.3, -0.25) is 0 Å². The Balaban J connectivity index is 2.59. The molecule has 0 fully saturated rings. The van der Waals surface area contributed by atoms with Crippen LogP contribution in [0.15, 0.2) is 36.9 Å². The highest BCUT2D eigenvalue weighted by molar-refractivity contribution is 5.32. The highest BCUT2D eigenvalue weighted by Crippen LogP contribution is 2.16. The molecule has 0 saturated heterocycles. The van der Waals surface area contributed by atoms with Crippen molar-refractivity contribution in [2.45, 2.75) is 25.9 Å². The van der Waals surface area contributed by atoms with Gasteiger partial charge in [0.1, 0.15) is 24.9 Å². The minimum atomic E-state index is 0.214. The highest BCUT2D eigenvalue weighted by Gasteiger charge is 2.09. The second kappa shape index (κ2) is 7.87. The lowest BCUT2D eigenvalue weighted by molar-refractivity contribution is -0.706. The van der Waals surface area contributed by atoms with Gasteiger partial charge in [-0.05, 0) is 18.6 Å². The molecule has 0 saturated carbocycles. The largest absolute Gasteiger partial charge is 0.489 e. The molecule has 0 spiro atoms. The molecule has 1 aromatic carbocycles. The Hall–Kier alpha value is -1.32. The van der Waals surface area contributed by atoms with E-state index in [1.165, 1.54) is 0 Å². The maximum Gasteiger partial charge on any atom is 0.128 e. The van der Waals surface area contributed by atoms with Crippen LogP contribution >= 0.6 is 0 Å². The smallest absolute Gasteiger partial charge is 0.128 e. The summed E-state index contributed by atoms with van der Waals surface area (Å²) in [7, 11) is 0. The van der Waals surface area contributed by atoms with E-state index in [0.717, 1.165) is 24.3 Å². The number of aliphatic hydroxyl groups is 1. The average molecular weight is 236 g/mol. The van der Waals surface area contributed by atoms with Crippen molar-refractivity contribution in [3.05, 3.63) is 42.5 Å². The van der Waals surface area contributed by atoms with Crippen molar-refractivity contribution in [2.24, 2.45) is 0 Å². The molecule has 0 aliphatic heterocycles. The van der Waals surface area contributed by atoms with Gasteiger partial charge in [0.15, 0.2) is 0 Å². The van der Waals surface area contributed by atoms with Gasteiger partial charge < -0.3 is 15.2 Å². The van der Waals surface area contributed by atoms with Gasteiger partial charge >= 0.3 is 0 Å². The fourth-order valence-electron chi connectivity index (χ4n) is 1.63. The number of nitrogens with two attached hydrogens (primary N) is 1. The Kier molecular flexibility index (Phi) is 6.37. The summed E-state index contributed by atoms with van der Waals surface area (Å²) in [5, 5.41) is 11.3. The lowest BCUT2D eigenvalue weighted by Crippen LogP contribution is -2.89. The van der Waals surface area contributed by atoms with E-state index >= 15 is 0 Å². The van der Waals surface area contributed by atoms with Crippen LogP contribution in [-0.2, 0) is 6.54 Å². The van der Waals surface area contributed by atoms with Crippen LogP contribution in [-0.4, -0.2) is 24.4 Å². The van der Waals surface area contributed by atoms with E-state index in [9.17, 15) is 0 Å². The van der Waals surface area contributed by atoms with Crippen LogP contribution in [0.4, 0.5) is 0 Å². The molecule has 0 heterocycles. The standard InChI is InChI=1S/C14H21NO2/c1-3-9-17-14-8-6-5-7-12(14)10-15-13(4-2)11-16/h3,5-8,13,15-16H,1,4,9-11H2,2H3/p+1/t13-/m0/s1. The van der Waals surface area contributed by atoms with Crippen LogP contribution < -0.4 is 10.1 Å². The minimum Gasteiger partial charge on any atom is -0.489 e. The van der Waals surface area contributed by atoms with Crippen LogP contribution in [0.2, 0.25) is 0 Å². The molecule has 0 aliphatic carbocycles. The molecule has 3 nitrogen and oxygen atoms in total. The van der Waals surface area contributed by atoms with E-state index in [1.54, 1.807) is 6.08 Å². The molecule has 1 atom stereocenters. The molecular formula is C14H22NO2+. The van der Waals surface area contributed by atoms with Gasteiger partial charge in [-0.1, -0.05) is 31.7 Å². The summed E-state index contributed by atoms with van der Waals surface area (Å²) in [6.07, 6.45) is 2.70. The van der Waals surface area contributed by atoms with Gasteiger partial charge in [0.05, 0.1) is 6.61 Å². The van der Waals surface area contributed by atoms with E-state index in [1.807, 2.05) is 18.2 Å². The summed E-state index contributed by atoms with van der Waals surface area (Å²) in [5.41, 5.74) is 1.15. The lowest BCUT2D eigenvalue weighted by Gasteiger charge is -2.13. The summed E-state index contributed by atoms with van der Waals surface area (Å²) in [4.78, 5) is 0. The SMILES string of the molecule is C=CCOc1ccccc1C[NH2+][C@@H](CC)CO. The van der Waals surface area contributed by atoms with Gasteiger partial charge in [-0.15, -0.1) is 0 Å². The first-order valence-electron chi connectivity index (χ1n) is 6.07. The number of rotatable bonds is 8. The van der Waals surface area contributed by atoms with Crippen LogP contribution in [0, 0.1) is 0 Å². The number of hydrogen-bond donors (Lipinski definition) is 2. The molecule has 1 aromatic rings. The number of para-hydroxylation sites is 1. The van der Waals surface area contributed by atoms with Crippen molar-refractivity contribution < 1.29 is 15.2 Å². The molecule has 17 heavy (non-hydrogen) atoms. The molecule has 0 amide bonds. The van der Waals surface area contributed by atoms with Crippen LogP contribution in [0.25, 0.3) is 0 Å². The van der Waals surface area contributed by atoms with Gasteiger partial charge in [0.25, 0.3) is 0 Å². The quantitative estimate of drug-likeness (QED) is 0.664. The molecule has 0 aliphatic rings. The van der Waals surface area contributed by atoms with E-state index in [2.05, 4.69) is 24.9 Å². The Morgan fingerprint density at radius 1 is 1.47 bits per heavy atom. The number of ether oxygens (including phenoxy) is 1. The summed E-state index contributed by atoms with van der Waals surface area (Å²) in [6, 6.07) is 8.25. The zero-order chi connectivity index (χ0) is 12.5. The Morgan fingerprint density at radius 2 is 2.24 bits per heavy atom. The maximum absolute atomic E-state index is 9.14. The third-order valence-corrected chi connectivity index (χ3v) is 2.76. The van der Waals surface area contributed by atoms with Gasteiger partial charge in [-0.2, -0.15) is 0 Å². The summed E-state index contributed by atoms with van der Waals surface area (Å²) in [5.74, 6) is 0.899. The second-order valence-electron chi connectivity index (χ2n) is 4.00. The summed E-state index contributed by atoms with van der Waals surface area (Å²) in [6.45, 7) is 7.28.